The Morgan fingerprint density at radius 1 is 1.28 bits per heavy atom. The first-order valence-electron chi connectivity index (χ1n) is 6.67. The average molecular weight is 248 g/mol. The predicted molar refractivity (Wildman–Crippen MR) is 76.4 cm³/mol. The third-order valence-corrected chi connectivity index (χ3v) is 3.13. The van der Waals surface area contributed by atoms with E-state index < -0.39 is 0 Å². The lowest BCUT2D eigenvalue weighted by Gasteiger charge is -2.16. The largest absolute Gasteiger partial charge is 0.399 e. The Labute approximate surface area is 110 Å². The summed E-state index contributed by atoms with van der Waals surface area (Å²) < 4.78 is 0. The van der Waals surface area contributed by atoms with Crippen molar-refractivity contribution in [2.75, 3.05) is 5.73 Å². The van der Waals surface area contributed by atoms with Crippen LogP contribution in [0.5, 0.6) is 0 Å². The van der Waals surface area contributed by atoms with Crippen molar-refractivity contribution >= 4 is 11.6 Å². The Hall–Kier alpha value is -1.51. The number of hydrogen-bond acceptors (Lipinski definition) is 2. The molecule has 3 N–H and O–H groups in total. The van der Waals surface area contributed by atoms with Crippen LogP contribution in [0.2, 0.25) is 0 Å². The molecular weight excluding hydrogens is 224 g/mol. The molecule has 18 heavy (non-hydrogen) atoms. The van der Waals surface area contributed by atoms with E-state index in [1.54, 1.807) is 0 Å². The zero-order valence-corrected chi connectivity index (χ0v) is 11.6. The van der Waals surface area contributed by atoms with Gasteiger partial charge in [0.2, 0.25) is 5.91 Å². The van der Waals surface area contributed by atoms with E-state index in [9.17, 15) is 4.79 Å². The van der Waals surface area contributed by atoms with Crippen LogP contribution >= 0.6 is 0 Å². The van der Waals surface area contributed by atoms with E-state index in [2.05, 4.69) is 26.1 Å². The predicted octanol–water partition coefficient (Wildman–Crippen LogP) is 3.07. The Morgan fingerprint density at radius 2 is 1.89 bits per heavy atom. The molecule has 0 spiro atoms. The molecule has 0 heterocycles. The van der Waals surface area contributed by atoms with Crippen molar-refractivity contribution in [3.8, 4) is 0 Å². The normalized spacial score (nSPS) is 13.9. The Balaban J connectivity index is 2.46. The van der Waals surface area contributed by atoms with Crippen molar-refractivity contribution < 1.29 is 4.79 Å². The quantitative estimate of drug-likeness (QED) is 0.760. The summed E-state index contributed by atoms with van der Waals surface area (Å²) in [5.74, 6) is 0.347. The number of nitrogens with one attached hydrogen (secondary N) is 1. The highest BCUT2D eigenvalue weighted by Crippen LogP contribution is 2.20. The van der Waals surface area contributed by atoms with E-state index in [0.29, 0.717) is 6.42 Å². The van der Waals surface area contributed by atoms with Crippen LogP contribution in [-0.2, 0) is 4.79 Å². The van der Waals surface area contributed by atoms with Crippen LogP contribution in [0.3, 0.4) is 0 Å². The van der Waals surface area contributed by atoms with Crippen molar-refractivity contribution in [3.63, 3.8) is 0 Å². The summed E-state index contributed by atoms with van der Waals surface area (Å²) in [7, 11) is 0. The van der Waals surface area contributed by atoms with Crippen molar-refractivity contribution in [1.29, 1.82) is 0 Å². The Bertz CT molecular complexity index is 373. The number of carbonyl (C=O) groups is 1. The van der Waals surface area contributed by atoms with Gasteiger partial charge in [-0.25, -0.2) is 0 Å². The molecule has 0 saturated carbocycles. The molecule has 0 radical (unpaired) electrons. The maximum Gasteiger partial charge on any atom is 0.220 e. The molecule has 0 bridgehead atoms. The number of rotatable bonds is 6. The van der Waals surface area contributed by atoms with Crippen LogP contribution in [0.1, 0.15) is 51.5 Å². The zero-order chi connectivity index (χ0) is 13.5. The van der Waals surface area contributed by atoms with Gasteiger partial charge in [0.05, 0.1) is 0 Å². The first-order chi connectivity index (χ1) is 8.52. The van der Waals surface area contributed by atoms with E-state index in [0.717, 1.165) is 24.1 Å². The molecular formula is C15H24N2O. The Kier molecular flexibility index (Phi) is 5.69. The first kappa shape index (κ1) is 14.6. The second-order valence-corrected chi connectivity index (χ2v) is 5.03. The summed E-state index contributed by atoms with van der Waals surface area (Å²) in [6.07, 6.45) is 2.65. The van der Waals surface area contributed by atoms with E-state index in [1.165, 1.54) is 0 Å². The number of hydrogen-bond donors (Lipinski definition) is 2. The van der Waals surface area contributed by atoms with Crippen molar-refractivity contribution in [1.82, 2.24) is 5.32 Å². The van der Waals surface area contributed by atoms with Crippen LogP contribution in [-0.4, -0.2) is 11.9 Å². The second-order valence-electron chi connectivity index (χ2n) is 5.03. The van der Waals surface area contributed by atoms with Crippen LogP contribution in [0, 0.1) is 0 Å². The van der Waals surface area contributed by atoms with Gasteiger partial charge < -0.3 is 11.1 Å². The van der Waals surface area contributed by atoms with Crippen LogP contribution in [0.4, 0.5) is 5.69 Å². The average Bonchev–Trinajstić information content (AvgIpc) is 2.29. The highest BCUT2D eigenvalue weighted by molar-refractivity contribution is 5.77. The fraction of sp³-hybridized carbons (Fsp3) is 0.533. The number of nitrogen functional groups attached to an aromatic ring is 1. The molecule has 1 aromatic carbocycles. The summed E-state index contributed by atoms with van der Waals surface area (Å²) in [6, 6.07) is 8.00. The summed E-state index contributed by atoms with van der Waals surface area (Å²) in [5, 5.41) is 3.03. The van der Waals surface area contributed by atoms with E-state index in [-0.39, 0.29) is 17.9 Å². The van der Waals surface area contributed by atoms with E-state index in [1.807, 2.05) is 24.3 Å². The molecule has 0 aliphatic heterocycles. The van der Waals surface area contributed by atoms with Gasteiger partial charge in [-0.2, -0.15) is 0 Å². The van der Waals surface area contributed by atoms with Gasteiger partial charge in [-0.15, -0.1) is 0 Å². The molecule has 100 valence electrons. The molecule has 2 unspecified atom stereocenters. The van der Waals surface area contributed by atoms with Crippen molar-refractivity contribution in [2.45, 2.75) is 52.0 Å². The smallest absolute Gasteiger partial charge is 0.220 e. The highest BCUT2D eigenvalue weighted by atomic mass is 16.1. The molecule has 1 rings (SSSR count). The standard InChI is InChI=1S/C15H24N2O/c1-4-5-12(3)17-15(18)10-11(2)13-6-8-14(16)9-7-13/h6-9,11-12H,4-5,10,16H2,1-3H3,(H,17,18). The molecule has 3 nitrogen and oxygen atoms in total. The topological polar surface area (TPSA) is 55.1 Å². The molecule has 1 amide bonds. The minimum absolute atomic E-state index is 0.125. The molecule has 1 aromatic rings. The van der Waals surface area contributed by atoms with Gasteiger partial charge in [-0.1, -0.05) is 32.4 Å². The van der Waals surface area contributed by atoms with Gasteiger partial charge in [-0.05, 0) is 37.0 Å². The number of nitrogens with two attached hydrogens (primary N) is 1. The molecule has 0 aliphatic rings. The summed E-state index contributed by atoms with van der Waals surface area (Å²) in [6.45, 7) is 6.24. The van der Waals surface area contributed by atoms with Gasteiger partial charge >= 0.3 is 0 Å². The van der Waals surface area contributed by atoms with Gasteiger partial charge in [0, 0.05) is 18.2 Å². The monoisotopic (exact) mass is 248 g/mol. The molecule has 0 aromatic heterocycles. The fourth-order valence-corrected chi connectivity index (χ4v) is 2.06. The SMILES string of the molecule is CCCC(C)NC(=O)CC(C)c1ccc(N)cc1. The number of benzene rings is 1. The van der Waals surface area contributed by atoms with Gasteiger partial charge in [0.1, 0.15) is 0 Å². The van der Waals surface area contributed by atoms with Crippen LogP contribution in [0.25, 0.3) is 0 Å². The third kappa shape index (κ3) is 4.78. The summed E-state index contributed by atoms with van der Waals surface area (Å²) >= 11 is 0. The lowest BCUT2D eigenvalue weighted by Crippen LogP contribution is -2.32. The van der Waals surface area contributed by atoms with Crippen molar-refractivity contribution in [3.05, 3.63) is 29.8 Å². The maximum atomic E-state index is 11.8. The molecule has 2 atom stereocenters. The minimum Gasteiger partial charge on any atom is -0.399 e. The number of anilines is 1. The third-order valence-electron chi connectivity index (χ3n) is 3.13. The number of amides is 1. The highest BCUT2D eigenvalue weighted by Gasteiger charge is 2.12. The van der Waals surface area contributed by atoms with E-state index in [4.69, 9.17) is 5.73 Å². The summed E-state index contributed by atoms with van der Waals surface area (Å²) in [5.41, 5.74) is 7.56. The number of carbonyl (C=O) groups excluding carboxylic acids is 1. The maximum absolute atomic E-state index is 11.8. The first-order valence-corrected chi connectivity index (χ1v) is 6.67. The van der Waals surface area contributed by atoms with Crippen LogP contribution < -0.4 is 11.1 Å². The van der Waals surface area contributed by atoms with Gasteiger partial charge in [0.15, 0.2) is 0 Å². The van der Waals surface area contributed by atoms with Gasteiger partial charge in [0.25, 0.3) is 0 Å². The lowest BCUT2D eigenvalue weighted by molar-refractivity contribution is -0.122. The second kappa shape index (κ2) is 7.04. The van der Waals surface area contributed by atoms with Crippen LogP contribution in [0.15, 0.2) is 24.3 Å². The summed E-state index contributed by atoms with van der Waals surface area (Å²) in [4.78, 5) is 11.8. The molecule has 0 fully saturated rings. The zero-order valence-electron chi connectivity index (χ0n) is 11.6. The van der Waals surface area contributed by atoms with Gasteiger partial charge in [-0.3, -0.25) is 4.79 Å². The van der Waals surface area contributed by atoms with Crippen molar-refractivity contribution in [2.24, 2.45) is 0 Å². The van der Waals surface area contributed by atoms with E-state index >= 15 is 0 Å². The minimum atomic E-state index is 0.125. The Morgan fingerprint density at radius 3 is 2.44 bits per heavy atom. The molecule has 3 heteroatoms. The molecule has 0 aliphatic carbocycles. The lowest BCUT2D eigenvalue weighted by atomic mass is 9.97. The molecule has 0 saturated heterocycles. The fourth-order valence-electron chi connectivity index (χ4n) is 2.06.